The van der Waals surface area contributed by atoms with Gasteiger partial charge in [-0.3, -0.25) is 9.88 Å². The van der Waals surface area contributed by atoms with Crippen molar-refractivity contribution in [2.45, 2.75) is 31.5 Å². The lowest BCUT2D eigenvalue weighted by Gasteiger charge is -2.47. The summed E-state index contributed by atoms with van der Waals surface area (Å²) in [6.07, 6.45) is 6.16. The van der Waals surface area contributed by atoms with Crippen molar-refractivity contribution in [3.05, 3.63) is 101 Å². The molecule has 0 unspecified atom stereocenters. The zero-order valence-corrected chi connectivity index (χ0v) is 16.0. The molecule has 0 radical (unpaired) electrons. The van der Waals surface area contributed by atoms with E-state index in [9.17, 15) is 0 Å². The molecule has 0 N–H and O–H groups in total. The van der Waals surface area contributed by atoms with Crippen molar-refractivity contribution in [1.82, 2.24) is 14.5 Å². The third-order valence-corrected chi connectivity index (χ3v) is 6.70. The van der Waals surface area contributed by atoms with Crippen LogP contribution in [-0.2, 0) is 26.4 Å². The third kappa shape index (κ3) is 2.23. The average Bonchev–Trinajstić information content (AvgIpc) is 3.02. The Hall–Kier alpha value is -2.91. The Bertz CT molecular complexity index is 1180. The van der Waals surface area contributed by atoms with E-state index in [0.717, 1.165) is 19.4 Å². The van der Waals surface area contributed by atoms with Crippen LogP contribution < -0.4 is 0 Å². The molecular weight excluding hydrogens is 342 g/mol. The summed E-state index contributed by atoms with van der Waals surface area (Å²) in [5, 5.41) is 1.42. The number of aryl methyl sites for hydroxylation is 1. The van der Waals surface area contributed by atoms with Gasteiger partial charge in [0.2, 0.25) is 0 Å². The zero-order valence-electron chi connectivity index (χ0n) is 16.0. The Morgan fingerprint density at radius 2 is 1.75 bits per heavy atom. The van der Waals surface area contributed by atoms with Crippen molar-refractivity contribution in [1.29, 1.82) is 0 Å². The van der Waals surface area contributed by atoms with Crippen molar-refractivity contribution >= 4 is 10.9 Å². The minimum Gasteiger partial charge on any atom is -0.346 e. The highest BCUT2D eigenvalue weighted by atomic mass is 15.2. The topological polar surface area (TPSA) is 21.1 Å². The molecular formula is C25H23N3. The van der Waals surface area contributed by atoms with Gasteiger partial charge in [0, 0.05) is 48.6 Å². The van der Waals surface area contributed by atoms with Gasteiger partial charge >= 0.3 is 0 Å². The Morgan fingerprint density at radius 1 is 0.929 bits per heavy atom. The monoisotopic (exact) mass is 365 g/mol. The summed E-state index contributed by atoms with van der Waals surface area (Å²) < 4.78 is 2.44. The summed E-state index contributed by atoms with van der Waals surface area (Å²) in [6, 6.07) is 22.8. The molecule has 4 heterocycles. The Kier molecular flexibility index (Phi) is 3.47. The lowest BCUT2D eigenvalue weighted by Crippen LogP contribution is -2.43. The minimum atomic E-state index is 0.390. The highest BCUT2D eigenvalue weighted by Crippen LogP contribution is 2.49. The lowest BCUT2D eigenvalue weighted by atomic mass is 9.79. The number of rotatable bonds is 2. The van der Waals surface area contributed by atoms with Crippen LogP contribution in [0.15, 0.2) is 73.1 Å². The maximum Gasteiger partial charge on any atom is 0.0553 e. The van der Waals surface area contributed by atoms with Crippen molar-refractivity contribution in [2.24, 2.45) is 7.05 Å². The van der Waals surface area contributed by atoms with E-state index in [2.05, 4.69) is 88.4 Å². The number of hydrogen-bond acceptors (Lipinski definition) is 2. The fourth-order valence-corrected chi connectivity index (χ4v) is 5.46. The first kappa shape index (κ1) is 16.1. The summed E-state index contributed by atoms with van der Waals surface area (Å²) in [5.41, 5.74) is 8.63. The summed E-state index contributed by atoms with van der Waals surface area (Å²) in [5.74, 6) is 0. The molecule has 0 amide bonds. The van der Waals surface area contributed by atoms with Crippen molar-refractivity contribution in [3.8, 4) is 0 Å². The Balaban J connectivity index is 1.55. The number of para-hydroxylation sites is 1. The molecule has 0 aliphatic carbocycles. The molecule has 2 aromatic carbocycles. The van der Waals surface area contributed by atoms with Crippen molar-refractivity contribution < 1.29 is 0 Å². The number of nitrogens with zero attached hydrogens (tertiary/aromatic N) is 3. The van der Waals surface area contributed by atoms with Crippen LogP contribution in [0.3, 0.4) is 0 Å². The Morgan fingerprint density at radius 3 is 2.64 bits per heavy atom. The van der Waals surface area contributed by atoms with Crippen LogP contribution >= 0.6 is 0 Å². The molecule has 3 heteroatoms. The molecule has 6 rings (SSSR count). The predicted molar refractivity (Wildman–Crippen MR) is 112 cm³/mol. The largest absolute Gasteiger partial charge is 0.346 e. The quantitative estimate of drug-likeness (QED) is 0.500. The molecule has 2 atom stereocenters. The molecule has 0 fully saturated rings. The van der Waals surface area contributed by atoms with E-state index in [0.29, 0.717) is 12.1 Å². The van der Waals surface area contributed by atoms with Gasteiger partial charge in [-0.1, -0.05) is 48.5 Å². The maximum atomic E-state index is 4.48. The van der Waals surface area contributed by atoms with Gasteiger partial charge in [0.05, 0.1) is 6.04 Å². The highest BCUT2D eigenvalue weighted by molar-refractivity contribution is 5.86. The summed E-state index contributed by atoms with van der Waals surface area (Å²) >= 11 is 0. The standard InChI is InChI=1S/C25H23N3/c1-27-22-10-6-5-9-19(22)20-14-23-21-15-26-12-11-18(21)13-24(25(20)27)28(23)16-17-7-3-2-4-8-17/h2-12,15,23-24H,13-14,16H2,1H3/t23-,24-/m1/s1. The second kappa shape index (κ2) is 6.05. The van der Waals surface area contributed by atoms with Gasteiger partial charge in [0.25, 0.3) is 0 Å². The second-order valence-corrected chi connectivity index (χ2v) is 8.11. The SMILES string of the molecule is Cn1c2c(c3ccccc31)C[C@@H]1c3cnccc3C[C@H]2N1Cc1ccccc1. The van der Waals surface area contributed by atoms with Gasteiger partial charge in [-0.05, 0) is 47.2 Å². The van der Waals surface area contributed by atoms with E-state index in [1.165, 1.54) is 38.9 Å². The number of pyridine rings is 1. The summed E-state index contributed by atoms with van der Waals surface area (Å²) in [6.45, 7) is 0.978. The molecule has 138 valence electrons. The summed E-state index contributed by atoms with van der Waals surface area (Å²) in [7, 11) is 2.24. The van der Waals surface area contributed by atoms with Gasteiger partial charge in [-0.15, -0.1) is 0 Å². The zero-order chi connectivity index (χ0) is 18.7. The molecule has 4 aromatic rings. The number of fused-ring (bicyclic) bond motifs is 8. The molecule has 2 aliphatic heterocycles. The lowest BCUT2D eigenvalue weighted by molar-refractivity contribution is 0.0880. The maximum absolute atomic E-state index is 4.48. The molecule has 0 saturated carbocycles. The van der Waals surface area contributed by atoms with Gasteiger partial charge in [-0.2, -0.15) is 0 Å². The third-order valence-electron chi connectivity index (χ3n) is 6.70. The normalized spacial score (nSPS) is 20.8. The minimum absolute atomic E-state index is 0.390. The smallest absolute Gasteiger partial charge is 0.0553 e. The van der Waals surface area contributed by atoms with Crippen LogP contribution in [0.1, 0.15) is 40.0 Å². The molecule has 2 aliphatic rings. The average molecular weight is 365 g/mol. The predicted octanol–water partition coefficient (Wildman–Crippen LogP) is 4.97. The van der Waals surface area contributed by atoms with Crippen LogP contribution in [0.5, 0.6) is 0 Å². The van der Waals surface area contributed by atoms with Crippen molar-refractivity contribution in [3.63, 3.8) is 0 Å². The molecule has 2 bridgehead atoms. The molecule has 28 heavy (non-hydrogen) atoms. The van der Waals surface area contributed by atoms with Crippen molar-refractivity contribution in [2.75, 3.05) is 0 Å². The number of aromatic nitrogens is 2. The Labute approximate surface area is 165 Å². The molecule has 2 aromatic heterocycles. The van der Waals surface area contributed by atoms with Gasteiger partial charge < -0.3 is 4.57 Å². The van der Waals surface area contributed by atoms with Gasteiger partial charge in [-0.25, -0.2) is 0 Å². The van der Waals surface area contributed by atoms with Crippen LogP contribution in [0.4, 0.5) is 0 Å². The molecule has 0 saturated heterocycles. The first-order valence-corrected chi connectivity index (χ1v) is 10.1. The van der Waals surface area contributed by atoms with Crippen LogP contribution in [0.25, 0.3) is 10.9 Å². The first-order valence-electron chi connectivity index (χ1n) is 10.1. The van der Waals surface area contributed by atoms with E-state index in [1.807, 2.05) is 6.20 Å². The van der Waals surface area contributed by atoms with Crippen LogP contribution in [0.2, 0.25) is 0 Å². The van der Waals surface area contributed by atoms with E-state index in [-0.39, 0.29) is 0 Å². The molecule has 3 nitrogen and oxygen atoms in total. The fraction of sp³-hybridized carbons (Fsp3) is 0.240. The van der Waals surface area contributed by atoms with E-state index in [1.54, 1.807) is 0 Å². The summed E-state index contributed by atoms with van der Waals surface area (Å²) in [4.78, 5) is 7.19. The van der Waals surface area contributed by atoms with Gasteiger partial charge in [0.1, 0.15) is 0 Å². The van der Waals surface area contributed by atoms with E-state index >= 15 is 0 Å². The van der Waals surface area contributed by atoms with E-state index in [4.69, 9.17) is 0 Å². The first-order chi connectivity index (χ1) is 13.8. The van der Waals surface area contributed by atoms with Crippen LogP contribution in [-0.4, -0.2) is 14.5 Å². The van der Waals surface area contributed by atoms with Crippen LogP contribution in [0, 0.1) is 0 Å². The highest BCUT2D eigenvalue weighted by Gasteiger charge is 2.42. The number of hydrogen-bond donors (Lipinski definition) is 0. The number of benzene rings is 2. The fourth-order valence-electron chi connectivity index (χ4n) is 5.46. The van der Waals surface area contributed by atoms with E-state index < -0.39 is 0 Å². The van der Waals surface area contributed by atoms with Gasteiger partial charge in [0.15, 0.2) is 0 Å². The molecule has 0 spiro atoms. The second-order valence-electron chi connectivity index (χ2n) is 8.11.